The second-order valence-electron chi connectivity index (χ2n) is 6.18. The molecule has 1 N–H and O–H groups in total. The van der Waals surface area contributed by atoms with Crippen molar-refractivity contribution in [3.63, 3.8) is 0 Å². The summed E-state index contributed by atoms with van der Waals surface area (Å²) >= 11 is 5.70. The summed E-state index contributed by atoms with van der Waals surface area (Å²) in [5, 5.41) is 9.70. The zero-order chi connectivity index (χ0) is 19.1. The van der Waals surface area contributed by atoms with Crippen molar-refractivity contribution in [3.8, 4) is 11.5 Å². The second kappa shape index (κ2) is 9.29. The first-order valence-corrected chi connectivity index (χ1v) is 9.63. The summed E-state index contributed by atoms with van der Waals surface area (Å²) < 4.78 is 5.60. The second-order valence-corrected chi connectivity index (χ2v) is 6.56. The lowest BCUT2D eigenvalue weighted by Crippen LogP contribution is -1.99. The minimum Gasteiger partial charge on any atom is -0.508 e. The fraction of sp³-hybridized carbons (Fsp3) is 0.167. The van der Waals surface area contributed by atoms with Gasteiger partial charge in [0.1, 0.15) is 18.1 Å². The highest BCUT2D eigenvalue weighted by atomic mass is 35.5. The average molecular weight is 379 g/mol. The molecule has 0 atom stereocenters. The molecule has 0 saturated carbocycles. The van der Waals surface area contributed by atoms with Gasteiger partial charge in [0.25, 0.3) is 0 Å². The van der Waals surface area contributed by atoms with E-state index in [1.807, 2.05) is 30.3 Å². The van der Waals surface area contributed by atoms with Crippen LogP contribution in [-0.4, -0.2) is 17.6 Å². The number of benzene rings is 3. The number of phenolic OH excluding ortho intramolecular Hbond substituents is 1. The van der Waals surface area contributed by atoms with Crippen molar-refractivity contribution >= 4 is 22.7 Å². The Kier molecular flexibility index (Phi) is 6.56. The number of phenols is 1. The maximum Gasteiger partial charge on any atom is 0.119 e. The van der Waals surface area contributed by atoms with Crippen molar-refractivity contribution in [2.24, 2.45) is 0 Å². The first-order valence-electron chi connectivity index (χ1n) is 9.10. The number of ether oxygens (including phenoxy) is 1. The molecule has 0 aliphatic rings. The molecule has 0 spiro atoms. The van der Waals surface area contributed by atoms with Gasteiger partial charge in [-0.1, -0.05) is 61.5 Å². The number of halogens is 1. The van der Waals surface area contributed by atoms with Crippen LogP contribution in [0.3, 0.4) is 0 Å². The van der Waals surface area contributed by atoms with Crippen molar-refractivity contribution in [2.45, 2.75) is 13.3 Å². The van der Waals surface area contributed by atoms with Gasteiger partial charge in [0.2, 0.25) is 0 Å². The molecule has 0 saturated heterocycles. The molecule has 0 aliphatic carbocycles. The van der Waals surface area contributed by atoms with Crippen molar-refractivity contribution in [2.75, 3.05) is 12.5 Å². The van der Waals surface area contributed by atoms with Crippen LogP contribution in [0.15, 0.2) is 78.9 Å². The summed E-state index contributed by atoms with van der Waals surface area (Å²) in [6.07, 6.45) is 0.894. The first kappa shape index (κ1) is 19.1. The molecule has 3 aromatic rings. The number of alkyl halides is 1. The monoisotopic (exact) mass is 378 g/mol. The van der Waals surface area contributed by atoms with E-state index >= 15 is 0 Å². The molecule has 138 valence electrons. The van der Waals surface area contributed by atoms with E-state index in [-0.39, 0.29) is 5.75 Å². The molecule has 0 aromatic heterocycles. The number of hydrogen-bond acceptors (Lipinski definition) is 2. The van der Waals surface area contributed by atoms with Crippen molar-refractivity contribution in [3.05, 3.63) is 95.6 Å². The molecule has 3 aromatic carbocycles. The highest BCUT2D eigenvalue weighted by molar-refractivity contribution is 6.18. The highest BCUT2D eigenvalue weighted by Gasteiger charge is 2.13. The van der Waals surface area contributed by atoms with Gasteiger partial charge in [0.15, 0.2) is 0 Å². The summed E-state index contributed by atoms with van der Waals surface area (Å²) in [5.74, 6) is 1.54. The van der Waals surface area contributed by atoms with Gasteiger partial charge >= 0.3 is 0 Å². The van der Waals surface area contributed by atoms with E-state index < -0.39 is 0 Å². The van der Waals surface area contributed by atoms with Crippen LogP contribution in [0.4, 0.5) is 0 Å². The van der Waals surface area contributed by atoms with Crippen LogP contribution in [-0.2, 0) is 0 Å². The third-order valence-electron chi connectivity index (χ3n) is 4.42. The minimum absolute atomic E-state index is 0.265. The van der Waals surface area contributed by atoms with Gasteiger partial charge in [-0.2, -0.15) is 0 Å². The van der Waals surface area contributed by atoms with E-state index in [9.17, 15) is 5.11 Å². The smallest absolute Gasteiger partial charge is 0.119 e. The van der Waals surface area contributed by atoms with E-state index in [0.29, 0.717) is 12.5 Å². The number of hydrogen-bond donors (Lipinski definition) is 1. The third kappa shape index (κ3) is 4.72. The fourth-order valence-corrected chi connectivity index (χ4v) is 3.26. The maximum atomic E-state index is 9.70. The van der Waals surface area contributed by atoms with E-state index in [1.165, 1.54) is 11.1 Å². The predicted octanol–water partition coefficient (Wildman–Crippen LogP) is 6.38. The van der Waals surface area contributed by atoms with Crippen LogP contribution in [0, 0.1) is 0 Å². The van der Waals surface area contributed by atoms with Gasteiger partial charge in [-0.05, 0) is 58.5 Å². The predicted molar refractivity (Wildman–Crippen MR) is 113 cm³/mol. The quantitative estimate of drug-likeness (QED) is 0.382. The molecule has 0 unspecified atom stereocenters. The zero-order valence-electron chi connectivity index (χ0n) is 15.4. The molecule has 3 rings (SSSR count). The Hall–Kier alpha value is -2.71. The topological polar surface area (TPSA) is 29.5 Å². The SMILES string of the molecule is CCC(=C(c1ccc(O)cc1)c1ccc(OCCCl)cc1)c1ccccc1. The standard InChI is InChI=1S/C24H23ClO2/c1-2-23(18-6-4-3-5-7-18)24(19-8-12-21(26)13-9-19)20-10-14-22(15-11-20)27-17-16-25/h3-15,26H,2,16-17H2,1H3. The van der Waals surface area contributed by atoms with Gasteiger partial charge < -0.3 is 9.84 Å². The molecule has 0 bridgehead atoms. The van der Waals surface area contributed by atoms with E-state index in [0.717, 1.165) is 28.9 Å². The van der Waals surface area contributed by atoms with Crippen LogP contribution < -0.4 is 4.74 Å². The Labute approximate surface area is 165 Å². The fourth-order valence-electron chi connectivity index (χ4n) is 3.18. The van der Waals surface area contributed by atoms with Crippen LogP contribution in [0.2, 0.25) is 0 Å². The van der Waals surface area contributed by atoms with E-state index in [1.54, 1.807) is 12.1 Å². The molecule has 0 fully saturated rings. The summed E-state index contributed by atoms with van der Waals surface area (Å²) in [6, 6.07) is 25.9. The molecule has 0 aliphatic heterocycles. The van der Waals surface area contributed by atoms with Gasteiger partial charge in [-0.25, -0.2) is 0 Å². The molecule has 0 amide bonds. The van der Waals surface area contributed by atoms with Crippen molar-refractivity contribution in [1.29, 1.82) is 0 Å². The lowest BCUT2D eigenvalue weighted by molar-refractivity contribution is 0.343. The molecule has 27 heavy (non-hydrogen) atoms. The van der Waals surface area contributed by atoms with Crippen LogP contribution >= 0.6 is 11.6 Å². The van der Waals surface area contributed by atoms with E-state index in [2.05, 4.69) is 43.3 Å². The largest absolute Gasteiger partial charge is 0.508 e. The molecule has 3 heteroatoms. The van der Waals surface area contributed by atoms with Gasteiger partial charge in [-0.15, -0.1) is 11.6 Å². The average Bonchev–Trinajstić information content (AvgIpc) is 2.72. The molecule has 0 radical (unpaired) electrons. The Balaban J connectivity index is 2.13. The summed E-state index contributed by atoms with van der Waals surface area (Å²) in [7, 11) is 0. The van der Waals surface area contributed by atoms with Crippen molar-refractivity contribution < 1.29 is 9.84 Å². The number of rotatable bonds is 7. The normalized spacial score (nSPS) is 11.8. The van der Waals surface area contributed by atoms with Crippen LogP contribution in [0.25, 0.3) is 11.1 Å². The molecular formula is C24H23ClO2. The Bertz CT molecular complexity index is 882. The Morgan fingerprint density at radius 2 is 1.41 bits per heavy atom. The maximum absolute atomic E-state index is 9.70. The molecule has 2 nitrogen and oxygen atoms in total. The molecular weight excluding hydrogens is 356 g/mol. The third-order valence-corrected chi connectivity index (χ3v) is 4.58. The minimum atomic E-state index is 0.265. The van der Waals surface area contributed by atoms with E-state index in [4.69, 9.17) is 16.3 Å². The Morgan fingerprint density at radius 3 is 1.96 bits per heavy atom. The Morgan fingerprint density at radius 1 is 0.815 bits per heavy atom. The first-order chi connectivity index (χ1) is 13.2. The zero-order valence-corrected chi connectivity index (χ0v) is 16.1. The van der Waals surface area contributed by atoms with Gasteiger partial charge in [0, 0.05) is 0 Å². The number of aromatic hydroxyl groups is 1. The van der Waals surface area contributed by atoms with Gasteiger partial charge in [0.05, 0.1) is 5.88 Å². The molecule has 0 heterocycles. The van der Waals surface area contributed by atoms with Crippen LogP contribution in [0.1, 0.15) is 30.0 Å². The highest BCUT2D eigenvalue weighted by Crippen LogP contribution is 2.35. The summed E-state index contributed by atoms with van der Waals surface area (Å²) in [6.45, 7) is 2.66. The lowest BCUT2D eigenvalue weighted by Gasteiger charge is -2.17. The summed E-state index contributed by atoms with van der Waals surface area (Å²) in [4.78, 5) is 0. The van der Waals surface area contributed by atoms with Crippen molar-refractivity contribution in [1.82, 2.24) is 0 Å². The number of allylic oxidation sites excluding steroid dienone is 1. The summed E-state index contributed by atoms with van der Waals surface area (Å²) in [5.41, 5.74) is 5.80. The van der Waals surface area contributed by atoms with Crippen LogP contribution in [0.5, 0.6) is 11.5 Å². The van der Waals surface area contributed by atoms with Gasteiger partial charge in [-0.3, -0.25) is 0 Å². The lowest BCUT2D eigenvalue weighted by atomic mass is 9.88.